The Kier molecular flexibility index (Phi) is 6.38. The number of fused-ring (bicyclic) bond motifs is 18. The largest absolute Gasteiger partial charge is 0.456 e. The molecule has 2 heterocycles. The van der Waals surface area contributed by atoms with E-state index in [-0.39, 0.29) is 0 Å². The summed E-state index contributed by atoms with van der Waals surface area (Å²) >= 11 is 0. The van der Waals surface area contributed by atoms with E-state index in [0.717, 1.165) is 60.9 Å². The van der Waals surface area contributed by atoms with E-state index in [1.807, 2.05) is 0 Å². The standard InChI is InChI=1S/C61H34O2/c1-2-14-37-34-56-48(32-36(37)13-1)60-43(21-11-25-54(60)63-56)41-28-31-55-59-42(41)19-9-20-44(59)47-33-38(27-30-53(47)62-55)40-18-10-24-51-58(40)46-17-6-8-23-50(46)61(51)49-22-7-5-16-45(49)57-39-15-4-3-12-35(39)26-29-52(57)61/h1-34H. The van der Waals surface area contributed by atoms with Crippen LogP contribution in [0.4, 0.5) is 0 Å². The zero-order chi connectivity index (χ0) is 41.0. The number of hydrogen-bond donors (Lipinski definition) is 0. The highest BCUT2D eigenvalue weighted by atomic mass is 16.5. The van der Waals surface area contributed by atoms with E-state index in [9.17, 15) is 0 Å². The zero-order valence-electron chi connectivity index (χ0n) is 33.9. The molecule has 1 aromatic heterocycles. The second-order valence-corrected chi connectivity index (χ2v) is 17.4. The van der Waals surface area contributed by atoms with Crippen LogP contribution in [0.3, 0.4) is 0 Å². The quantitative estimate of drug-likeness (QED) is 0.174. The molecule has 2 heteroatoms. The van der Waals surface area contributed by atoms with Gasteiger partial charge in [0, 0.05) is 21.7 Å². The summed E-state index contributed by atoms with van der Waals surface area (Å²) in [4.78, 5) is 0. The minimum atomic E-state index is -0.438. The van der Waals surface area contributed by atoms with E-state index >= 15 is 0 Å². The van der Waals surface area contributed by atoms with Gasteiger partial charge in [0.2, 0.25) is 0 Å². The van der Waals surface area contributed by atoms with Crippen molar-refractivity contribution in [3.63, 3.8) is 0 Å². The molecular formula is C61H34O2. The highest BCUT2D eigenvalue weighted by Crippen LogP contribution is 2.65. The highest BCUT2D eigenvalue weighted by molar-refractivity contribution is 6.19. The lowest BCUT2D eigenvalue weighted by molar-refractivity contribution is 0.487. The number of furan rings is 1. The second kappa shape index (κ2) is 12.0. The molecule has 0 fully saturated rings. The Morgan fingerprint density at radius 2 is 0.921 bits per heavy atom. The summed E-state index contributed by atoms with van der Waals surface area (Å²) in [6.07, 6.45) is 0. The molecule has 12 aromatic rings. The fourth-order valence-electron chi connectivity index (χ4n) is 12.0. The molecule has 0 radical (unpaired) electrons. The first-order chi connectivity index (χ1) is 31.2. The van der Waals surface area contributed by atoms with Crippen molar-refractivity contribution in [1.82, 2.24) is 0 Å². The average Bonchev–Trinajstić information content (AvgIpc) is 3.97. The summed E-state index contributed by atoms with van der Waals surface area (Å²) in [6.45, 7) is 0. The molecule has 1 aliphatic heterocycles. The van der Waals surface area contributed by atoms with Gasteiger partial charge >= 0.3 is 0 Å². The molecule has 290 valence electrons. The minimum absolute atomic E-state index is 0.438. The highest BCUT2D eigenvalue weighted by Gasteiger charge is 2.52. The fraction of sp³-hybridized carbons (Fsp3) is 0.0164. The van der Waals surface area contributed by atoms with Crippen molar-refractivity contribution in [2.45, 2.75) is 5.41 Å². The maximum absolute atomic E-state index is 6.84. The molecule has 1 atom stereocenters. The minimum Gasteiger partial charge on any atom is -0.456 e. The first-order valence-corrected chi connectivity index (χ1v) is 21.8. The van der Waals surface area contributed by atoms with Crippen molar-refractivity contribution < 1.29 is 9.15 Å². The lowest BCUT2D eigenvalue weighted by Gasteiger charge is -2.30. The van der Waals surface area contributed by atoms with Gasteiger partial charge in [0.15, 0.2) is 0 Å². The Morgan fingerprint density at radius 1 is 0.302 bits per heavy atom. The van der Waals surface area contributed by atoms with Crippen LogP contribution in [-0.2, 0) is 5.41 Å². The smallest absolute Gasteiger partial charge is 0.136 e. The molecule has 0 N–H and O–H groups in total. The molecule has 3 aliphatic rings. The maximum Gasteiger partial charge on any atom is 0.136 e. The van der Waals surface area contributed by atoms with Crippen molar-refractivity contribution in [3.05, 3.63) is 229 Å². The zero-order valence-corrected chi connectivity index (χ0v) is 33.9. The molecular weight excluding hydrogens is 765 g/mol. The van der Waals surface area contributed by atoms with Crippen molar-refractivity contribution in [1.29, 1.82) is 0 Å². The lowest BCUT2D eigenvalue weighted by atomic mass is 9.70. The van der Waals surface area contributed by atoms with Gasteiger partial charge in [-0.3, -0.25) is 0 Å². The van der Waals surface area contributed by atoms with Gasteiger partial charge < -0.3 is 9.15 Å². The number of hydrogen-bond acceptors (Lipinski definition) is 2. The second-order valence-electron chi connectivity index (χ2n) is 17.4. The fourth-order valence-corrected chi connectivity index (χ4v) is 12.0. The third-order valence-electron chi connectivity index (χ3n) is 14.5. The number of ether oxygens (including phenoxy) is 1. The number of rotatable bonds is 2. The molecule has 1 spiro atoms. The van der Waals surface area contributed by atoms with Crippen LogP contribution in [0.1, 0.15) is 22.3 Å². The first-order valence-electron chi connectivity index (χ1n) is 21.8. The van der Waals surface area contributed by atoms with E-state index in [1.165, 1.54) is 82.7 Å². The third kappa shape index (κ3) is 4.23. The topological polar surface area (TPSA) is 22.4 Å². The van der Waals surface area contributed by atoms with Crippen molar-refractivity contribution in [3.8, 4) is 67.1 Å². The van der Waals surface area contributed by atoms with E-state index < -0.39 is 5.41 Å². The summed E-state index contributed by atoms with van der Waals surface area (Å²) < 4.78 is 13.4. The molecule has 0 saturated carbocycles. The predicted octanol–water partition coefficient (Wildman–Crippen LogP) is 16.5. The van der Waals surface area contributed by atoms with Gasteiger partial charge in [-0.05, 0) is 136 Å². The Balaban J connectivity index is 0.934. The molecule has 11 aromatic carbocycles. The van der Waals surface area contributed by atoms with Crippen LogP contribution in [0.2, 0.25) is 0 Å². The summed E-state index contributed by atoms with van der Waals surface area (Å²) in [5.74, 6) is 1.75. The average molecular weight is 799 g/mol. The van der Waals surface area contributed by atoms with Crippen LogP contribution in [-0.4, -0.2) is 0 Å². The molecule has 0 bridgehead atoms. The van der Waals surface area contributed by atoms with E-state index in [4.69, 9.17) is 9.15 Å². The van der Waals surface area contributed by atoms with Crippen LogP contribution in [0, 0.1) is 0 Å². The van der Waals surface area contributed by atoms with Crippen LogP contribution in [0.5, 0.6) is 11.5 Å². The normalized spacial score (nSPS) is 15.2. The Labute approximate surface area is 362 Å². The van der Waals surface area contributed by atoms with Gasteiger partial charge in [-0.1, -0.05) is 170 Å². The molecule has 2 nitrogen and oxygen atoms in total. The number of benzene rings is 11. The van der Waals surface area contributed by atoms with Crippen molar-refractivity contribution >= 4 is 54.3 Å². The lowest BCUT2D eigenvalue weighted by Crippen LogP contribution is -2.25. The monoisotopic (exact) mass is 798 g/mol. The summed E-state index contributed by atoms with van der Waals surface area (Å²) in [5, 5.41) is 9.50. The van der Waals surface area contributed by atoms with Gasteiger partial charge in [-0.2, -0.15) is 0 Å². The predicted molar refractivity (Wildman–Crippen MR) is 259 cm³/mol. The molecule has 15 rings (SSSR count). The SMILES string of the molecule is c1ccc2c(c1)-c1c(-c3ccc4c(c3)-c3cccc5c(-c6cccc7oc8cc9ccccc9cc8c67)ccc(c35)O4)cccc1C21c2ccccc2-c2c1ccc1ccccc21. The Morgan fingerprint density at radius 3 is 1.78 bits per heavy atom. The van der Waals surface area contributed by atoms with Gasteiger partial charge in [0.25, 0.3) is 0 Å². The van der Waals surface area contributed by atoms with E-state index in [2.05, 4.69) is 206 Å². The van der Waals surface area contributed by atoms with Gasteiger partial charge in [0.05, 0.1) is 5.41 Å². The van der Waals surface area contributed by atoms with Gasteiger partial charge in [-0.25, -0.2) is 0 Å². The van der Waals surface area contributed by atoms with Crippen LogP contribution in [0.25, 0.3) is 110 Å². The van der Waals surface area contributed by atoms with E-state index in [0.29, 0.717) is 0 Å². The summed E-state index contributed by atoms with van der Waals surface area (Å²) in [7, 11) is 0. The van der Waals surface area contributed by atoms with Crippen LogP contribution < -0.4 is 4.74 Å². The summed E-state index contributed by atoms with van der Waals surface area (Å²) in [6, 6.07) is 76.0. The molecule has 0 amide bonds. The molecule has 0 saturated heterocycles. The van der Waals surface area contributed by atoms with Crippen molar-refractivity contribution in [2.75, 3.05) is 0 Å². The molecule has 63 heavy (non-hydrogen) atoms. The molecule has 1 unspecified atom stereocenters. The van der Waals surface area contributed by atoms with E-state index in [1.54, 1.807) is 0 Å². The third-order valence-corrected chi connectivity index (χ3v) is 14.5. The molecule has 2 aliphatic carbocycles. The van der Waals surface area contributed by atoms with Crippen LogP contribution in [0.15, 0.2) is 211 Å². The Bertz CT molecular complexity index is 4020. The summed E-state index contributed by atoms with van der Waals surface area (Å²) in [5.41, 5.74) is 19.0. The van der Waals surface area contributed by atoms with Crippen molar-refractivity contribution in [2.24, 2.45) is 0 Å². The van der Waals surface area contributed by atoms with Gasteiger partial charge in [-0.15, -0.1) is 0 Å². The first kappa shape index (κ1) is 33.5. The maximum atomic E-state index is 6.84. The van der Waals surface area contributed by atoms with Gasteiger partial charge in [0.1, 0.15) is 22.7 Å². The van der Waals surface area contributed by atoms with Crippen LogP contribution >= 0.6 is 0 Å². The Hall–Kier alpha value is -8.20.